The molecule has 0 spiro atoms. The Kier molecular flexibility index (Phi) is 5.83. The zero-order chi connectivity index (χ0) is 19.3. The molecule has 2 rings (SSSR count). The van der Waals surface area contributed by atoms with Crippen LogP contribution in [-0.2, 0) is 14.8 Å². The van der Waals surface area contributed by atoms with Crippen LogP contribution in [0.3, 0.4) is 0 Å². The second-order valence-corrected chi connectivity index (χ2v) is 7.36. The van der Waals surface area contributed by atoms with Crippen LogP contribution in [-0.4, -0.2) is 40.1 Å². The number of sulfonamides is 1. The Hall–Kier alpha value is -3.07. The SMILES string of the molecule is COc1ccc(N(CC(=O)Nc2ccc(C(N)=O)cc2)S(C)(=O)=O)cc1. The average molecular weight is 377 g/mol. The third-order valence-corrected chi connectivity index (χ3v) is 4.64. The number of anilines is 2. The van der Waals surface area contributed by atoms with Gasteiger partial charge in [-0.15, -0.1) is 0 Å². The minimum atomic E-state index is -3.67. The summed E-state index contributed by atoms with van der Waals surface area (Å²) in [5, 5.41) is 2.58. The molecule has 2 aromatic carbocycles. The minimum Gasteiger partial charge on any atom is -0.497 e. The fraction of sp³-hybridized carbons (Fsp3) is 0.176. The molecule has 0 heterocycles. The lowest BCUT2D eigenvalue weighted by molar-refractivity contribution is -0.114. The molecule has 2 aromatic rings. The molecule has 26 heavy (non-hydrogen) atoms. The molecule has 0 bridgehead atoms. The topological polar surface area (TPSA) is 119 Å². The van der Waals surface area contributed by atoms with Gasteiger partial charge in [0.1, 0.15) is 12.3 Å². The van der Waals surface area contributed by atoms with Crippen molar-refractivity contribution in [3.63, 3.8) is 0 Å². The number of rotatable bonds is 7. The molecule has 0 unspecified atom stereocenters. The van der Waals surface area contributed by atoms with Crippen molar-refractivity contribution < 1.29 is 22.7 Å². The Morgan fingerprint density at radius 3 is 2.12 bits per heavy atom. The number of nitrogens with zero attached hydrogens (tertiary/aromatic N) is 1. The Balaban J connectivity index is 2.14. The van der Waals surface area contributed by atoms with Gasteiger partial charge in [0.2, 0.25) is 21.8 Å². The molecular weight excluding hydrogens is 358 g/mol. The highest BCUT2D eigenvalue weighted by atomic mass is 32.2. The number of carbonyl (C=O) groups is 2. The maximum atomic E-state index is 12.3. The first-order valence-corrected chi connectivity index (χ1v) is 9.37. The molecule has 9 heteroatoms. The number of methoxy groups -OCH3 is 1. The van der Waals surface area contributed by atoms with Gasteiger partial charge < -0.3 is 15.8 Å². The van der Waals surface area contributed by atoms with E-state index in [0.717, 1.165) is 10.6 Å². The second kappa shape index (κ2) is 7.87. The number of hydrogen-bond donors (Lipinski definition) is 2. The van der Waals surface area contributed by atoms with Crippen LogP contribution in [0, 0.1) is 0 Å². The molecule has 0 aliphatic rings. The zero-order valence-corrected chi connectivity index (χ0v) is 15.1. The van der Waals surface area contributed by atoms with E-state index in [1.807, 2.05) is 0 Å². The number of ether oxygens (including phenoxy) is 1. The molecule has 0 radical (unpaired) electrons. The number of benzene rings is 2. The van der Waals surface area contributed by atoms with Crippen LogP contribution in [0.1, 0.15) is 10.4 Å². The maximum absolute atomic E-state index is 12.3. The quantitative estimate of drug-likeness (QED) is 0.751. The van der Waals surface area contributed by atoms with Crippen LogP contribution in [0.25, 0.3) is 0 Å². The van der Waals surface area contributed by atoms with Gasteiger partial charge in [0, 0.05) is 11.3 Å². The molecular formula is C17H19N3O5S. The second-order valence-electron chi connectivity index (χ2n) is 5.46. The van der Waals surface area contributed by atoms with Crippen molar-refractivity contribution in [2.45, 2.75) is 0 Å². The molecule has 0 aromatic heterocycles. The summed E-state index contributed by atoms with van der Waals surface area (Å²) in [6.45, 7) is -0.400. The number of carbonyl (C=O) groups excluding carboxylic acids is 2. The number of nitrogens with two attached hydrogens (primary N) is 1. The van der Waals surface area contributed by atoms with Gasteiger partial charge in [-0.3, -0.25) is 13.9 Å². The summed E-state index contributed by atoms with van der Waals surface area (Å²) in [4.78, 5) is 23.3. The number of hydrogen-bond acceptors (Lipinski definition) is 5. The van der Waals surface area contributed by atoms with Crippen LogP contribution in [0.2, 0.25) is 0 Å². The van der Waals surface area contributed by atoms with E-state index in [-0.39, 0.29) is 0 Å². The summed E-state index contributed by atoms with van der Waals surface area (Å²) < 4.78 is 30.1. The van der Waals surface area contributed by atoms with Gasteiger partial charge >= 0.3 is 0 Å². The monoisotopic (exact) mass is 377 g/mol. The standard InChI is InChI=1S/C17H19N3O5S/c1-25-15-9-7-14(8-10-15)20(26(2,23)24)11-16(21)19-13-5-3-12(4-6-13)17(18)22/h3-10H,11H2,1-2H3,(H2,18,22)(H,19,21). The Morgan fingerprint density at radius 1 is 1.08 bits per heavy atom. The summed E-state index contributed by atoms with van der Waals surface area (Å²) in [6.07, 6.45) is 1.02. The molecule has 0 saturated carbocycles. The first-order chi connectivity index (χ1) is 12.2. The first-order valence-electron chi connectivity index (χ1n) is 7.52. The average Bonchev–Trinajstić information content (AvgIpc) is 2.59. The van der Waals surface area contributed by atoms with Crippen LogP contribution in [0.15, 0.2) is 48.5 Å². The molecule has 138 valence electrons. The van der Waals surface area contributed by atoms with Crippen molar-refractivity contribution in [3.8, 4) is 5.75 Å². The third-order valence-electron chi connectivity index (χ3n) is 3.50. The van der Waals surface area contributed by atoms with Gasteiger partial charge in [0.15, 0.2) is 0 Å². The third kappa shape index (κ3) is 4.96. The van der Waals surface area contributed by atoms with Crippen LogP contribution >= 0.6 is 0 Å². The van der Waals surface area contributed by atoms with Crippen LogP contribution in [0.4, 0.5) is 11.4 Å². The molecule has 0 fully saturated rings. The molecule has 0 saturated heterocycles. The van der Waals surface area contributed by atoms with Gasteiger partial charge in [-0.1, -0.05) is 0 Å². The predicted molar refractivity (Wildman–Crippen MR) is 98.8 cm³/mol. The van der Waals surface area contributed by atoms with E-state index in [0.29, 0.717) is 22.7 Å². The van der Waals surface area contributed by atoms with Crippen LogP contribution in [0.5, 0.6) is 5.75 Å². The van der Waals surface area contributed by atoms with E-state index >= 15 is 0 Å². The van der Waals surface area contributed by atoms with E-state index in [1.165, 1.54) is 31.4 Å². The fourth-order valence-electron chi connectivity index (χ4n) is 2.20. The normalized spacial score (nSPS) is 10.8. The van der Waals surface area contributed by atoms with Gasteiger partial charge in [-0.25, -0.2) is 8.42 Å². The molecule has 0 atom stereocenters. The lowest BCUT2D eigenvalue weighted by atomic mass is 10.2. The Bertz CT molecular complexity index is 893. The van der Waals surface area contributed by atoms with E-state index in [1.54, 1.807) is 24.3 Å². The number of amides is 2. The smallest absolute Gasteiger partial charge is 0.248 e. The molecule has 2 amide bonds. The lowest BCUT2D eigenvalue weighted by Gasteiger charge is -2.22. The molecule has 8 nitrogen and oxygen atoms in total. The Morgan fingerprint density at radius 2 is 1.65 bits per heavy atom. The van der Waals surface area contributed by atoms with Crippen molar-refractivity contribution in [1.29, 1.82) is 0 Å². The van der Waals surface area contributed by atoms with Crippen LogP contribution < -0.4 is 20.1 Å². The van der Waals surface area contributed by atoms with Gasteiger partial charge in [-0.2, -0.15) is 0 Å². The highest BCUT2D eigenvalue weighted by Gasteiger charge is 2.21. The molecule has 0 aliphatic carbocycles. The van der Waals surface area contributed by atoms with Gasteiger partial charge in [0.25, 0.3) is 0 Å². The lowest BCUT2D eigenvalue weighted by Crippen LogP contribution is -2.37. The summed E-state index contributed by atoms with van der Waals surface area (Å²) in [5.41, 5.74) is 6.22. The summed E-state index contributed by atoms with van der Waals surface area (Å²) >= 11 is 0. The molecule has 0 aliphatic heterocycles. The predicted octanol–water partition coefficient (Wildman–Crippen LogP) is 1.20. The van der Waals surface area contributed by atoms with Crippen molar-refractivity contribution >= 4 is 33.2 Å². The molecule has 3 N–H and O–H groups in total. The summed E-state index contributed by atoms with van der Waals surface area (Å²) in [6, 6.07) is 12.3. The van der Waals surface area contributed by atoms with E-state index in [2.05, 4.69) is 5.32 Å². The largest absolute Gasteiger partial charge is 0.497 e. The zero-order valence-electron chi connectivity index (χ0n) is 14.3. The first kappa shape index (κ1) is 19.3. The maximum Gasteiger partial charge on any atom is 0.248 e. The summed E-state index contributed by atoms with van der Waals surface area (Å²) in [7, 11) is -2.17. The van der Waals surface area contributed by atoms with E-state index in [4.69, 9.17) is 10.5 Å². The van der Waals surface area contributed by atoms with Crippen molar-refractivity contribution in [2.24, 2.45) is 5.73 Å². The van der Waals surface area contributed by atoms with Crippen molar-refractivity contribution in [3.05, 3.63) is 54.1 Å². The highest BCUT2D eigenvalue weighted by molar-refractivity contribution is 7.92. The summed E-state index contributed by atoms with van der Waals surface area (Å²) in [5.74, 6) is -0.537. The Labute approximate surface area is 151 Å². The van der Waals surface area contributed by atoms with Crippen molar-refractivity contribution in [1.82, 2.24) is 0 Å². The van der Waals surface area contributed by atoms with E-state index in [9.17, 15) is 18.0 Å². The number of primary amides is 1. The number of nitrogens with one attached hydrogen (secondary N) is 1. The fourth-order valence-corrected chi connectivity index (χ4v) is 3.05. The minimum absolute atomic E-state index is 0.305. The van der Waals surface area contributed by atoms with Gasteiger partial charge in [0.05, 0.1) is 19.1 Å². The van der Waals surface area contributed by atoms with Gasteiger partial charge in [-0.05, 0) is 48.5 Å². The highest BCUT2D eigenvalue weighted by Crippen LogP contribution is 2.21. The van der Waals surface area contributed by atoms with E-state index < -0.39 is 28.4 Å². The van der Waals surface area contributed by atoms with Crippen molar-refractivity contribution in [2.75, 3.05) is 29.5 Å².